The van der Waals surface area contributed by atoms with Crippen molar-refractivity contribution < 1.29 is 19.4 Å². The maximum Gasteiger partial charge on any atom is 0.312 e. The van der Waals surface area contributed by atoms with Crippen LogP contribution in [0, 0.1) is 5.92 Å². The lowest BCUT2D eigenvalue weighted by Crippen LogP contribution is -2.31. The number of ether oxygens (including phenoxy) is 1. The average Bonchev–Trinajstić information content (AvgIpc) is 3.38. The van der Waals surface area contributed by atoms with Crippen LogP contribution in [0.15, 0.2) is 36.5 Å². The van der Waals surface area contributed by atoms with Crippen LogP contribution in [0.3, 0.4) is 0 Å². The highest BCUT2D eigenvalue weighted by Gasteiger charge is 2.36. The van der Waals surface area contributed by atoms with Crippen LogP contribution in [0.1, 0.15) is 34.7 Å². The normalized spacial score (nSPS) is 18.5. The van der Waals surface area contributed by atoms with Gasteiger partial charge < -0.3 is 14.7 Å². The van der Waals surface area contributed by atoms with E-state index in [1.54, 1.807) is 24.3 Å². The van der Waals surface area contributed by atoms with Gasteiger partial charge in [0.05, 0.1) is 12.2 Å². The van der Waals surface area contributed by atoms with Gasteiger partial charge in [-0.3, -0.25) is 9.59 Å². The van der Waals surface area contributed by atoms with Crippen molar-refractivity contribution in [2.75, 3.05) is 18.1 Å². The van der Waals surface area contributed by atoms with E-state index >= 15 is 0 Å². The van der Waals surface area contributed by atoms with E-state index in [0.717, 1.165) is 12.8 Å². The molecular formula is C19H17ClN2O4. The molecule has 134 valence electrons. The number of pyridine rings is 1. The van der Waals surface area contributed by atoms with Crippen LogP contribution in [0.4, 0.5) is 5.69 Å². The molecule has 26 heavy (non-hydrogen) atoms. The number of para-hydroxylation sites is 1. The Kier molecular flexibility index (Phi) is 4.28. The monoisotopic (exact) mass is 372 g/mol. The molecule has 0 radical (unpaired) electrons. The lowest BCUT2D eigenvalue weighted by Gasteiger charge is -2.18. The largest absolute Gasteiger partial charge is 0.481 e. The van der Waals surface area contributed by atoms with Gasteiger partial charge in [0.15, 0.2) is 0 Å². The average molecular weight is 373 g/mol. The molecule has 1 fully saturated rings. The molecule has 0 saturated heterocycles. The zero-order valence-corrected chi connectivity index (χ0v) is 14.6. The summed E-state index contributed by atoms with van der Waals surface area (Å²) >= 11 is 6.21. The number of hydrogen-bond acceptors (Lipinski definition) is 4. The van der Waals surface area contributed by atoms with Gasteiger partial charge in [0.25, 0.3) is 5.91 Å². The Morgan fingerprint density at radius 1 is 1.31 bits per heavy atom. The number of amides is 1. The first-order valence-electron chi connectivity index (χ1n) is 8.46. The van der Waals surface area contributed by atoms with E-state index in [0.29, 0.717) is 35.2 Å². The van der Waals surface area contributed by atoms with Gasteiger partial charge in [-0.05, 0) is 36.5 Å². The van der Waals surface area contributed by atoms with Gasteiger partial charge in [-0.15, -0.1) is 0 Å². The van der Waals surface area contributed by atoms with Gasteiger partial charge in [-0.25, -0.2) is 4.98 Å². The second-order valence-electron chi connectivity index (χ2n) is 6.63. The van der Waals surface area contributed by atoms with Crippen molar-refractivity contribution in [1.82, 2.24) is 4.98 Å². The molecule has 1 aliphatic carbocycles. The SMILES string of the molecule is O=C(O)C1CN(C(=O)c2cnc(OCC3CC3)c(Cl)c2)c2ccccc21. The molecular weight excluding hydrogens is 356 g/mol. The van der Waals surface area contributed by atoms with Crippen molar-refractivity contribution >= 4 is 29.2 Å². The number of aromatic nitrogens is 1. The number of hydrogen-bond donors (Lipinski definition) is 1. The summed E-state index contributed by atoms with van der Waals surface area (Å²) in [4.78, 5) is 30.0. The van der Waals surface area contributed by atoms with Crippen molar-refractivity contribution in [3.63, 3.8) is 0 Å². The van der Waals surface area contributed by atoms with Gasteiger partial charge in [-0.1, -0.05) is 29.8 Å². The molecule has 1 atom stereocenters. The molecule has 1 amide bonds. The Hall–Kier alpha value is -2.60. The maximum absolute atomic E-state index is 12.9. The molecule has 1 N–H and O–H groups in total. The summed E-state index contributed by atoms with van der Waals surface area (Å²) in [6.45, 7) is 0.671. The molecule has 7 heteroatoms. The minimum absolute atomic E-state index is 0.0884. The van der Waals surface area contributed by atoms with E-state index in [2.05, 4.69) is 4.98 Å². The lowest BCUT2D eigenvalue weighted by atomic mass is 10.0. The summed E-state index contributed by atoms with van der Waals surface area (Å²) in [6.07, 6.45) is 3.74. The van der Waals surface area contributed by atoms with Crippen molar-refractivity contribution in [2.24, 2.45) is 5.92 Å². The summed E-state index contributed by atoms with van der Waals surface area (Å²) in [5, 5.41) is 9.71. The molecule has 0 spiro atoms. The van der Waals surface area contributed by atoms with Crippen molar-refractivity contribution in [3.05, 3.63) is 52.7 Å². The van der Waals surface area contributed by atoms with Gasteiger partial charge >= 0.3 is 5.97 Å². The van der Waals surface area contributed by atoms with Crippen LogP contribution in [0.25, 0.3) is 0 Å². The number of anilines is 1. The fourth-order valence-electron chi connectivity index (χ4n) is 3.10. The Balaban J connectivity index is 1.57. The molecule has 6 nitrogen and oxygen atoms in total. The van der Waals surface area contributed by atoms with Gasteiger partial charge in [0.2, 0.25) is 5.88 Å². The summed E-state index contributed by atoms with van der Waals surface area (Å²) < 4.78 is 5.58. The lowest BCUT2D eigenvalue weighted by molar-refractivity contribution is -0.138. The molecule has 1 saturated carbocycles. The third-order valence-corrected chi connectivity index (χ3v) is 4.99. The standard InChI is InChI=1S/C19H17ClN2O4/c20-15-7-12(8-21-17(15)26-10-11-5-6-11)18(23)22-9-14(19(24)25)13-3-1-2-4-16(13)22/h1-4,7-8,11,14H,5-6,9-10H2,(H,24,25). The van der Waals surface area contributed by atoms with Crippen molar-refractivity contribution in [2.45, 2.75) is 18.8 Å². The highest BCUT2D eigenvalue weighted by molar-refractivity contribution is 6.32. The minimum atomic E-state index is -0.951. The van der Waals surface area contributed by atoms with E-state index < -0.39 is 11.9 Å². The predicted molar refractivity (Wildman–Crippen MR) is 96.0 cm³/mol. The first kappa shape index (κ1) is 16.8. The molecule has 1 aromatic carbocycles. The zero-order chi connectivity index (χ0) is 18.3. The van der Waals surface area contributed by atoms with Gasteiger partial charge in [0.1, 0.15) is 10.9 Å². The van der Waals surface area contributed by atoms with Crippen LogP contribution >= 0.6 is 11.6 Å². The zero-order valence-electron chi connectivity index (χ0n) is 13.9. The Morgan fingerprint density at radius 2 is 2.08 bits per heavy atom. The molecule has 1 aliphatic heterocycles. The van der Waals surface area contributed by atoms with Crippen LogP contribution < -0.4 is 9.64 Å². The smallest absolute Gasteiger partial charge is 0.312 e. The number of carboxylic acid groups (broad SMARTS) is 1. The first-order valence-corrected chi connectivity index (χ1v) is 8.84. The molecule has 0 bridgehead atoms. The van der Waals surface area contributed by atoms with E-state index in [9.17, 15) is 14.7 Å². The molecule has 2 aliphatic rings. The minimum Gasteiger partial charge on any atom is -0.481 e. The fourth-order valence-corrected chi connectivity index (χ4v) is 3.32. The number of carbonyl (C=O) groups is 2. The summed E-state index contributed by atoms with van der Waals surface area (Å²) in [5.74, 6) is -1.12. The summed E-state index contributed by atoms with van der Waals surface area (Å²) in [5.41, 5.74) is 1.54. The Bertz CT molecular complexity index is 882. The van der Waals surface area contributed by atoms with Crippen LogP contribution in [0.5, 0.6) is 5.88 Å². The molecule has 1 aromatic heterocycles. The van der Waals surface area contributed by atoms with E-state index in [4.69, 9.17) is 16.3 Å². The van der Waals surface area contributed by atoms with Gasteiger partial charge in [0, 0.05) is 18.4 Å². The number of nitrogens with zero attached hydrogens (tertiary/aromatic N) is 2. The van der Waals surface area contributed by atoms with Crippen molar-refractivity contribution in [1.29, 1.82) is 0 Å². The Labute approximate surface area is 155 Å². The van der Waals surface area contributed by atoms with Crippen LogP contribution in [-0.4, -0.2) is 35.1 Å². The van der Waals surface area contributed by atoms with E-state index in [1.165, 1.54) is 17.2 Å². The summed E-state index contributed by atoms with van der Waals surface area (Å²) in [6, 6.07) is 8.56. The number of carboxylic acids is 1. The highest BCUT2D eigenvalue weighted by atomic mass is 35.5. The quantitative estimate of drug-likeness (QED) is 0.870. The van der Waals surface area contributed by atoms with Crippen molar-refractivity contribution in [3.8, 4) is 5.88 Å². The van der Waals surface area contributed by atoms with Gasteiger partial charge in [-0.2, -0.15) is 0 Å². The molecule has 2 aromatic rings. The van der Waals surface area contributed by atoms with Crippen LogP contribution in [0.2, 0.25) is 5.02 Å². The fraction of sp³-hybridized carbons (Fsp3) is 0.316. The predicted octanol–water partition coefficient (Wildman–Crippen LogP) is 3.35. The van der Waals surface area contributed by atoms with E-state index in [-0.39, 0.29) is 17.5 Å². The number of halogens is 1. The first-order chi connectivity index (χ1) is 12.5. The third kappa shape index (κ3) is 3.12. The Morgan fingerprint density at radius 3 is 2.77 bits per heavy atom. The number of fused-ring (bicyclic) bond motifs is 1. The third-order valence-electron chi connectivity index (χ3n) is 4.72. The number of carbonyl (C=O) groups excluding carboxylic acids is 1. The van der Waals surface area contributed by atoms with E-state index in [1.807, 2.05) is 0 Å². The number of benzene rings is 1. The molecule has 4 rings (SSSR count). The molecule has 2 heterocycles. The molecule has 1 unspecified atom stereocenters. The second kappa shape index (κ2) is 6.61. The maximum atomic E-state index is 12.9. The highest BCUT2D eigenvalue weighted by Crippen LogP contribution is 2.37. The topological polar surface area (TPSA) is 79.7 Å². The number of rotatable bonds is 5. The van der Waals surface area contributed by atoms with Crippen LogP contribution in [-0.2, 0) is 4.79 Å². The second-order valence-corrected chi connectivity index (χ2v) is 7.04. The number of aliphatic carboxylic acids is 1. The summed E-state index contributed by atoms with van der Waals surface area (Å²) in [7, 11) is 0.